The molecule has 0 aliphatic rings. The van der Waals surface area contributed by atoms with E-state index in [2.05, 4.69) is 10.3 Å². The third-order valence-corrected chi connectivity index (χ3v) is 3.59. The molecule has 1 aromatic heterocycles. The van der Waals surface area contributed by atoms with Crippen LogP contribution in [-0.2, 0) is 0 Å². The first-order valence-electron chi connectivity index (χ1n) is 5.89. The number of hydrogen-bond donors (Lipinski definition) is 2. The molecule has 0 saturated carbocycles. The Kier molecular flexibility index (Phi) is 4.17. The molecule has 2 rings (SSSR count). The summed E-state index contributed by atoms with van der Waals surface area (Å²) in [6.07, 6.45) is 0. The van der Waals surface area contributed by atoms with Crippen molar-refractivity contribution < 1.29 is 4.79 Å². The normalized spacial score (nSPS) is 12.2. The number of carbonyl (C=O) groups excluding carboxylic acids is 1. The lowest BCUT2D eigenvalue weighted by Crippen LogP contribution is -2.26. The van der Waals surface area contributed by atoms with E-state index in [-0.39, 0.29) is 17.1 Å². The largest absolute Gasteiger partial charge is 0.344 e. The molecule has 0 radical (unpaired) electrons. The summed E-state index contributed by atoms with van der Waals surface area (Å²) in [6.45, 7) is 3.95. The maximum atomic E-state index is 12.0. The Morgan fingerprint density at radius 2 is 1.89 bits per heavy atom. The molecule has 0 aliphatic heterocycles. The van der Waals surface area contributed by atoms with Gasteiger partial charge in [-0.3, -0.25) is 4.79 Å². The molecule has 0 aliphatic carbocycles. The zero-order chi connectivity index (χ0) is 14.0. The maximum Gasteiger partial charge on any atom is 0.268 e. The topological polar surface area (TPSA) is 44.9 Å². The standard InChI is InChI=1S/C14H14Cl2N2O/c1-8-3-5-10(6-4-8)9(2)17-14(19)12-7-11(15)13(16)18-12/h3-7,9,18H,1-2H3,(H,17,19). The molecule has 1 unspecified atom stereocenters. The lowest BCUT2D eigenvalue weighted by atomic mass is 10.1. The quantitative estimate of drug-likeness (QED) is 0.879. The minimum absolute atomic E-state index is 0.0889. The molecule has 0 bridgehead atoms. The first-order chi connectivity index (χ1) is 8.97. The Balaban J connectivity index is 2.08. The zero-order valence-electron chi connectivity index (χ0n) is 10.6. The van der Waals surface area contributed by atoms with E-state index in [0.717, 1.165) is 5.56 Å². The second kappa shape index (κ2) is 5.68. The summed E-state index contributed by atoms with van der Waals surface area (Å²) in [5, 5.41) is 3.50. The summed E-state index contributed by atoms with van der Waals surface area (Å²) in [6, 6.07) is 9.44. The van der Waals surface area contributed by atoms with Crippen molar-refractivity contribution >= 4 is 29.1 Å². The molecule has 5 heteroatoms. The maximum absolute atomic E-state index is 12.0. The van der Waals surface area contributed by atoms with Gasteiger partial charge in [-0.25, -0.2) is 0 Å². The third kappa shape index (κ3) is 3.31. The fourth-order valence-corrected chi connectivity index (χ4v) is 2.05. The molecule has 3 nitrogen and oxygen atoms in total. The van der Waals surface area contributed by atoms with Crippen LogP contribution in [0.1, 0.15) is 34.6 Å². The number of nitrogens with one attached hydrogen (secondary N) is 2. The van der Waals surface area contributed by atoms with Crippen LogP contribution < -0.4 is 5.32 Å². The van der Waals surface area contributed by atoms with Crippen molar-refractivity contribution in [1.29, 1.82) is 0 Å². The number of aromatic nitrogens is 1. The van der Waals surface area contributed by atoms with Gasteiger partial charge in [0, 0.05) is 0 Å². The van der Waals surface area contributed by atoms with Gasteiger partial charge in [0.25, 0.3) is 5.91 Å². The molecule has 0 saturated heterocycles. The van der Waals surface area contributed by atoms with Crippen molar-refractivity contribution in [3.8, 4) is 0 Å². The van der Waals surface area contributed by atoms with Crippen molar-refractivity contribution in [3.63, 3.8) is 0 Å². The molecule has 1 aromatic carbocycles. The molecule has 1 amide bonds. The number of aromatic amines is 1. The summed E-state index contributed by atoms with van der Waals surface area (Å²) in [7, 11) is 0. The Labute approximate surface area is 121 Å². The summed E-state index contributed by atoms with van der Waals surface area (Å²) >= 11 is 11.6. The van der Waals surface area contributed by atoms with Crippen molar-refractivity contribution in [2.24, 2.45) is 0 Å². The minimum Gasteiger partial charge on any atom is -0.344 e. The molecule has 0 fully saturated rings. The van der Waals surface area contributed by atoms with Gasteiger partial charge in [-0.2, -0.15) is 0 Å². The summed E-state index contributed by atoms with van der Waals surface area (Å²) in [5.41, 5.74) is 2.59. The van der Waals surface area contributed by atoms with Crippen molar-refractivity contribution in [1.82, 2.24) is 10.3 Å². The summed E-state index contributed by atoms with van der Waals surface area (Å²) < 4.78 is 0. The Hall–Kier alpha value is -1.45. The van der Waals surface area contributed by atoms with E-state index in [1.54, 1.807) is 0 Å². The van der Waals surface area contributed by atoms with E-state index in [1.807, 2.05) is 38.1 Å². The number of hydrogen-bond acceptors (Lipinski definition) is 1. The predicted octanol–water partition coefficient (Wildman–Crippen LogP) is 4.12. The van der Waals surface area contributed by atoms with E-state index < -0.39 is 0 Å². The molecular weight excluding hydrogens is 283 g/mol. The number of aryl methyl sites for hydroxylation is 1. The van der Waals surface area contributed by atoms with Crippen LogP contribution in [0.5, 0.6) is 0 Å². The molecular formula is C14H14Cl2N2O. The number of amides is 1. The van der Waals surface area contributed by atoms with Gasteiger partial charge in [-0.05, 0) is 25.5 Å². The van der Waals surface area contributed by atoms with Crippen LogP contribution in [0.4, 0.5) is 0 Å². The smallest absolute Gasteiger partial charge is 0.268 e. The van der Waals surface area contributed by atoms with E-state index in [0.29, 0.717) is 10.7 Å². The van der Waals surface area contributed by atoms with Crippen LogP contribution >= 0.6 is 23.2 Å². The van der Waals surface area contributed by atoms with Crippen LogP contribution in [0, 0.1) is 6.92 Å². The van der Waals surface area contributed by atoms with Crippen molar-refractivity contribution in [2.45, 2.75) is 19.9 Å². The van der Waals surface area contributed by atoms with Crippen LogP contribution in [0.2, 0.25) is 10.2 Å². The molecule has 2 aromatic rings. The lowest BCUT2D eigenvalue weighted by Gasteiger charge is -2.13. The van der Waals surface area contributed by atoms with E-state index >= 15 is 0 Å². The molecule has 0 spiro atoms. The number of carbonyl (C=O) groups is 1. The van der Waals surface area contributed by atoms with Gasteiger partial charge >= 0.3 is 0 Å². The van der Waals surface area contributed by atoms with Gasteiger partial charge in [0.1, 0.15) is 10.8 Å². The number of H-pyrrole nitrogens is 1. The molecule has 100 valence electrons. The van der Waals surface area contributed by atoms with Crippen LogP contribution in [0.3, 0.4) is 0 Å². The second-order valence-electron chi connectivity index (χ2n) is 4.45. The number of halogens is 2. The first-order valence-corrected chi connectivity index (χ1v) is 6.64. The Morgan fingerprint density at radius 1 is 1.26 bits per heavy atom. The fourth-order valence-electron chi connectivity index (χ4n) is 1.74. The molecule has 1 heterocycles. The molecule has 1 atom stereocenters. The van der Waals surface area contributed by atoms with E-state index in [9.17, 15) is 4.79 Å². The van der Waals surface area contributed by atoms with Crippen molar-refractivity contribution in [2.75, 3.05) is 0 Å². The van der Waals surface area contributed by atoms with Crippen LogP contribution in [-0.4, -0.2) is 10.9 Å². The minimum atomic E-state index is -0.234. The van der Waals surface area contributed by atoms with Gasteiger partial charge < -0.3 is 10.3 Å². The highest BCUT2D eigenvalue weighted by molar-refractivity contribution is 6.41. The summed E-state index contributed by atoms with van der Waals surface area (Å²) in [5.74, 6) is -0.234. The van der Waals surface area contributed by atoms with Gasteiger partial charge in [0.15, 0.2) is 0 Å². The average molecular weight is 297 g/mol. The van der Waals surface area contributed by atoms with E-state index in [1.165, 1.54) is 11.6 Å². The Morgan fingerprint density at radius 3 is 2.42 bits per heavy atom. The zero-order valence-corrected chi connectivity index (χ0v) is 12.1. The highest BCUT2D eigenvalue weighted by Crippen LogP contribution is 2.22. The van der Waals surface area contributed by atoms with Gasteiger partial charge in [0.2, 0.25) is 0 Å². The predicted molar refractivity (Wildman–Crippen MR) is 77.9 cm³/mol. The molecule has 2 N–H and O–H groups in total. The van der Waals surface area contributed by atoms with E-state index in [4.69, 9.17) is 23.2 Å². The SMILES string of the molecule is Cc1ccc(C(C)NC(=O)c2cc(Cl)c(Cl)[nH]2)cc1. The van der Waals surface area contributed by atoms with Gasteiger partial charge in [-0.1, -0.05) is 53.0 Å². The highest BCUT2D eigenvalue weighted by atomic mass is 35.5. The third-order valence-electron chi connectivity index (χ3n) is 2.89. The summed E-state index contributed by atoms with van der Waals surface area (Å²) in [4.78, 5) is 14.7. The molecule has 19 heavy (non-hydrogen) atoms. The van der Waals surface area contributed by atoms with Crippen LogP contribution in [0.15, 0.2) is 30.3 Å². The van der Waals surface area contributed by atoms with Gasteiger partial charge in [-0.15, -0.1) is 0 Å². The lowest BCUT2D eigenvalue weighted by molar-refractivity contribution is 0.0935. The first kappa shape index (κ1) is 14.0. The Bertz CT molecular complexity index is 570. The van der Waals surface area contributed by atoms with Gasteiger partial charge in [0.05, 0.1) is 11.1 Å². The second-order valence-corrected chi connectivity index (χ2v) is 5.24. The monoisotopic (exact) mass is 296 g/mol. The van der Waals surface area contributed by atoms with Crippen molar-refractivity contribution in [3.05, 3.63) is 57.3 Å². The number of rotatable bonds is 3. The fraction of sp³-hybridized carbons (Fsp3) is 0.214. The van der Waals surface area contributed by atoms with Crippen LogP contribution in [0.25, 0.3) is 0 Å². The average Bonchev–Trinajstić information content (AvgIpc) is 2.70. The highest BCUT2D eigenvalue weighted by Gasteiger charge is 2.14. The number of benzene rings is 1.